The number of amides is 1. The van der Waals surface area contributed by atoms with E-state index in [1.165, 1.54) is 23.3 Å². The van der Waals surface area contributed by atoms with Crippen LogP contribution in [0.3, 0.4) is 0 Å². The van der Waals surface area contributed by atoms with Crippen molar-refractivity contribution in [3.8, 4) is 0 Å². The summed E-state index contributed by atoms with van der Waals surface area (Å²) in [4.78, 5) is 17.5. The molecule has 0 radical (unpaired) electrons. The van der Waals surface area contributed by atoms with Gasteiger partial charge in [0.25, 0.3) is 10.1 Å². The second-order valence-electron chi connectivity index (χ2n) is 11.0. The third-order valence-electron chi connectivity index (χ3n) is 8.50. The topological polar surface area (TPSA) is 87.2 Å². The minimum Gasteiger partial charge on any atom is -0.444 e. The van der Waals surface area contributed by atoms with Crippen molar-refractivity contribution < 1.29 is 22.5 Å². The molecule has 4 aliphatic rings. The van der Waals surface area contributed by atoms with Crippen molar-refractivity contribution in [1.29, 1.82) is 0 Å². The predicted molar refractivity (Wildman–Crippen MR) is 158 cm³/mol. The lowest BCUT2D eigenvalue weighted by Crippen LogP contribution is -2.53. The monoisotopic (exact) mass is 570 g/mol. The molecule has 4 aromatic carbocycles. The van der Waals surface area contributed by atoms with Crippen LogP contribution in [-0.4, -0.2) is 61.1 Å². The molecular formula is C33H34N2O5S. The van der Waals surface area contributed by atoms with E-state index < -0.39 is 10.1 Å². The molecule has 1 N–H and O–H groups in total. The molecule has 2 atom stereocenters. The van der Waals surface area contributed by atoms with Gasteiger partial charge in [0.2, 0.25) is 0 Å². The Morgan fingerprint density at radius 2 is 1.49 bits per heavy atom. The number of rotatable bonds is 3. The zero-order valence-electron chi connectivity index (χ0n) is 22.8. The second kappa shape index (κ2) is 11.6. The Morgan fingerprint density at radius 3 is 2.20 bits per heavy atom. The first kappa shape index (κ1) is 27.4. The van der Waals surface area contributed by atoms with Crippen LogP contribution in [0.15, 0.2) is 102 Å². The summed E-state index contributed by atoms with van der Waals surface area (Å²) >= 11 is 0. The van der Waals surface area contributed by atoms with Gasteiger partial charge in [0.05, 0.1) is 10.9 Å². The van der Waals surface area contributed by atoms with Gasteiger partial charge in [-0.2, -0.15) is 8.42 Å². The zero-order valence-corrected chi connectivity index (χ0v) is 23.6. The van der Waals surface area contributed by atoms with Crippen LogP contribution in [0.4, 0.5) is 4.79 Å². The molecule has 7 nitrogen and oxygen atoms in total. The van der Waals surface area contributed by atoms with Crippen LogP contribution in [0.25, 0.3) is 10.8 Å². The lowest BCUT2D eigenvalue weighted by molar-refractivity contribution is -0.0462. The number of piperidine rings is 3. The van der Waals surface area contributed by atoms with E-state index in [1.807, 2.05) is 41.3 Å². The van der Waals surface area contributed by atoms with Gasteiger partial charge in [-0.05, 0) is 77.9 Å². The van der Waals surface area contributed by atoms with E-state index in [2.05, 4.69) is 41.3 Å². The summed E-state index contributed by atoms with van der Waals surface area (Å²) in [6.45, 7) is 3.91. The first-order valence-electron chi connectivity index (χ1n) is 14.2. The van der Waals surface area contributed by atoms with Gasteiger partial charge in [0, 0.05) is 13.1 Å². The summed E-state index contributed by atoms with van der Waals surface area (Å²) in [6, 6.07) is 30.6. The van der Waals surface area contributed by atoms with Gasteiger partial charge >= 0.3 is 6.09 Å². The quantitative estimate of drug-likeness (QED) is 0.306. The molecule has 41 heavy (non-hydrogen) atoms. The highest BCUT2D eigenvalue weighted by atomic mass is 32.2. The van der Waals surface area contributed by atoms with Crippen molar-refractivity contribution in [3.05, 3.63) is 114 Å². The fraction of sp³-hybridized carbons (Fsp3) is 0.303. The van der Waals surface area contributed by atoms with Crippen molar-refractivity contribution in [1.82, 2.24) is 9.80 Å². The summed E-state index contributed by atoms with van der Waals surface area (Å²) in [5.74, 6) is 0.534. The summed E-state index contributed by atoms with van der Waals surface area (Å²) in [7, 11) is -4.09. The largest absolute Gasteiger partial charge is 0.444 e. The van der Waals surface area contributed by atoms with Crippen molar-refractivity contribution in [3.63, 3.8) is 0 Å². The second-order valence-corrected chi connectivity index (χ2v) is 12.4. The van der Waals surface area contributed by atoms with E-state index in [9.17, 15) is 13.2 Å². The van der Waals surface area contributed by atoms with E-state index in [1.54, 1.807) is 12.1 Å². The minimum absolute atomic E-state index is 0.0496. The van der Waals surface area contributed by atoms with Gasteiger partial charge in [-0.1, -0.05) is 84.9 Å². The van der Waals surface area contributed by atoms with Crippen molar-refractivity contribution in [2.24, 2.45) is 5.92 Å². The van der Waals surface area contributed by atoms with Gasteiger partial charge in [-0.3, -0.25) is 14.4 Å². The molecule has 0 aliphatic carbocycles. The van der Waals surface area contributed by atoms with Gasteiger partial charge in [0.15, 0.2) is 0 Å². The van der Waals surface area contributed by atoms with Crippen LogP contribution in [-0.2, 0) is 21.3 Å². The van der Waals surface area contributed by atoms with Gasteiger partial charge in [-0.25, -0.2) is 4.79 Å². The van der Waals surface area contributed by atoms with Crippen LogP contribution < -0.4 is 0 Å². The molecule has 212 valence electrons. The maximum absolute atomic E-state index is 13.2. The Balaban J connectivity index is 0.000000182. The molecule has 0 saturated carbocycles. The molecule has 8 heteroatoms. The number of carbonyl (C=O) groups is 1. The summed E-state index contributed by atoms with van der Waals surface area (Å²) in [5, 5.41) is 1.74. The number of fused-ring (bicyclic) bond motifs is 5. The molecule has 8 rings (SSSR count). The molecule has 2 bridgehead atoms. The summed E-state index contributed by atoms with van der Waals surface area (Å²) < 4.78 is 36.6. The normalized spacial score (nSPS) is 23.3. The van der Waals surface area contributed by atoms with Crippen molar-refractivity contribution >= 4 is 27.0 Å². The van der Waals surface area contributed by atoms with Gasteiger partial charge in [-0.15, -0.1) is 0 Å². The molecule has 4 aliphatic heterocycles. The van der Waals surface area contributed by atoms with E-state index in [4.69, 9.17) is 9.29 Å². The lowest BCUT2D eigenvalue weighted by Gasteiger charge is -2.45. The molecule has 3 fully saturated rings. The number of ether oxygens (including phenoxy) is 1. The first-order chi connectivity index (χ1) is 19.9. The van der Waals surface area contributed by atoms with Crippen LogP contribution in [0.1, 0.15) is 35.6 Å². The van der Waals surface area contributed by atoms with Crippen molar-refractivity contribution in [2.75, 3.05) is 26.2 Å². The number of hydrogen-bond donors (Lipinski definition) is 1. The Bertz CT molecular complexity index is 1630. The molecule has 4 aromatic rings. The third-order valence-corrected chi connectivity index (χ3v) is 9.35. The highest BCUT2D eigenvalue weighted by Gasteiger charge is 2.39. The number of carbonyl (C=O) groups excluding carboxylic acids is 1. The average Bonchev–Trinajstić information content (AvgIpc) is 3.01. The fourth-order valence-corrected chi connectivity index (χ4v) is 6.84. The molecule has 1 amide bonds. The third kappa shape index (κ3) is 6.00. The number of hydrogen-bond acceptors (Lipinski definition) is 5. The maximum Gasteiger partial charge on any atom is 0.410 e. The minimum atomic E-state index is -4.09. The summed E-state index contributed by atoms with van der Waals surface area (Å²) in [6.07, 6.45) is 3.09. The van der Waals surface area contributed by atoms with Crippen LogP contribution in [0, 0.1) is 5.92 Å². The van der Waals surface area contributed by atoms with Crippen LogP contribution >= 0.6 is 0 Å². The van der Waals surface area contributed by atoms with Crippen LogP contribution in [0.5, 0.6) is 0 Å². The molecule has 3 saturated heterocycles. The van der Waals surface area contributed by atoms with E-state index in [0.717, 1.165) is 55.2 Å². The molecule has 0 unspecified atom stereocenters. The Morgan fingerprint density at radius 1 is 0.805 bits per heavy atom. The van der Waals surface area contributed by atoms with Crippen LogP contribution in [0.2, 0.25) is 0 Å². The highest BCUT2D eigenvalue weighted by Crippen LogP contribution is 2.37. The average molecular weight is 571 g/mol. The van der Waals surface area contributed by atoms with Gasteiger partial charge in [0.1, 0.15) is 6.10 Å². The Hall–Kier alpha value is -3.72. The fourth-order valence-electron chi connectivity index (χ4n) is 6.33. The molecule has 0 spiro atoms. The van der Waals surface area contributed by atoms with Crippen molar-refractivity contribution in [2.45, 2.75) is 36.3 Å². The molecule has 0 aromatic heterocycles. The van der Waals surface area contributed by atoms with E-state index >= 15 is 0 Å². The Kier molecular flexibility index (Phi) is 7.79. The smallest absolute Gasteiger partial charge is 0.410 e. The van der Waals surface area contributed by atoms with E-state index in [-0.39, 0.29) is 23.1 Å². The SMILES string of the molecule is O=C(O[C@H]1CN2CCC1CC2)N1CCc2ccccc2[C@H]1c1ccccc1.O=S(=O)(O)c1ccc2ccccc2c1. The zero-order chi connectivity index (χ0) is 28.4. The molecule has 4 heterocycles. The first-order valence-corrected chi connectivity index (χ1v) is 15.6. The highest BCUT2D eigenvalue weighted by molar-refractivity contribution is 7.85. The summed E-state index contributed by atoms with van der Waals surface area (Å²) in [5.41, 5.74) is 3.70. The van der Waals surface area contributed by atoms with Gasteiger partial charge < -0.3 is 4.74 Å². The number of nitrogens with zero attached hydrogens (tertiary/aromatic N) is 2. The number of benzene rings is 4. The van der Waals surface area contributed by atoms with E-state index in [0.29, 0.717) is 12.5 Å². The molecular weight excluding hydrogens is 536 g/mol. The standard InChI is InChI=1S/C23H26N2O2.C10H8O3S/c26-23(27-21-16-24-13-10-18(21)11-14-24)25-15-12-17-6-4-5-9-20(17)22(25)19-7-2-1-3-8-19;11-14(12,13)10-6-5-8-3-1-2-4-9(8)7-10/h1-9,18,21-22H,10-16H2;1-7H,(H,11,12,13)/t21-,22+;/m0./s1. The Labute approximate surface area is 241 Å². The lowest BCUT2D eigenvalue weighted by atomic mass is 9.86. The maximum atomic E-state index is 13.2. The predicted octanol–water partition coefficient (Wildman–Crippen LogP) is 5.95.